The second-order valence-corrected chi connectivity index (χ2v) is 5.31. The Balaban J connectivity index is 2.24. The van der Waals surface area contributed by atoms with Gasteiger partial charge in [0.1, 0.15) is 0 Å². The lowest BCUT2D eigenvalue weighted by atomic mass is 9.84. The molecule has 2 N–H and O–H groups in total. The first-order valence-corrected chi connectivity index (χ1v) is 6.54. The van der Waals surface area contributed by atoms with Crippen LogP contribution in [0.1, 0.15) is 49.3 Å². The molecular weight excluding hydrogens is 194 g/mol. The molecule has 0 saturated carbocycles. The molecule has 1 unspecified atom stereocenters. The van der Waals surface area contributed by atoms with Gasteiger partial charge in [-0.3, -0.25) is 0 Å². The van der Waals surface area contributed by atoms with E-state index < -0.39 is 0 Å². The van der Waals surface area contributed by atoms with Crippen molar-refractivity contribution in [3.63, 3.8) is 0 Å². The van der Waals surface area contributed by atoms with Crippen molar-refractivity contribution < 1.29 is 0 Å². The minimum Gasteiger partial charge on any atom is -0.330 e. The van der Waals surface area contributed by atoms with E-state index in [0.29, 0.717) is 11.8 Å². The average molecular weight is 217 g/mol. The first-order valence-electron chi connectivity index (χ1n) is 6.54. The number of fused-ring (bicyclic) bond motifs is 1. The van der Waals surface area contributed by atoms with Gasteiger partial charge in [0.2, 0.25) is 0 Å². The predicted octanol–water partition coefficient (Wildman–Crippen LogP) is 3.26. The Kier molecular flexibility index (Phi) is 3.65. The van der Waals surface area contributed by atoms with E-state index in [1.165, 1.54) is 24.8 Å². The molecule has 0 amide bonds. The zero-order valence-electron chi connectivity index (χ0n) is 10.5. The van der Waals surface area contributed by atoms with Crippen molar-refractivity contribution in [2.75, 3.05) is 6.54 Å². The highest BCUT2D eigenvalue weighted by Crippen LogP contribution is 2.31. The van der Waals surface area contributed by atoms with Gasteiger partial charge in [-0.1, -0.05) is 32.0 Å². The van der Waals surface area contributed by atoms with Crippen molar-refractivity contribution in [1.29, 1.82) is 0 Å². The maximum atomic E-state index is 5.72. The molecule has 1 atom stereocenters. The summed E-state index contributed by atoms with van der Waals surface area (Å²) < 4.78 is 0. The molecular formula is C15H23N. The van der Waals surface area contributed by atoms with Gasteiger partial charge in [-0.05, 0) is 60.8 Å². The van der Waals surface area contributed by atoms with Gasteiger partial charge in [0.15, 0.2) is 0 Å². The van der Waals surface area contributed by atoms with Crippen LogP contribution in [0, 0.1) is 5.92 Å². The van der Waals surface area contributed by atoms with Crippen molar-refractivity contribution in [2.24, 2.45) is 11.7 Å². The topological polar surface area (TPSA) is 26.0 Å². The highest BCUT2D eigenvalue weighted by molar-refractivity contribution is 5.36. The van der Waals surface area contributed by atoms with Crippen LogP contribution in [0.15, 0.2) is 18.2 Å². The Morgan fingerprint density at radius 3 is 2.62 bits per heavy atom. The van der Waals surface area contributed by atoms with Crippen LogP contribution in [-0.4, -0.2) is 6.54 Å². The minimum atomic E-state index is 0.635. The third-order valence-electron chi connectivity index (χ3n) is 3.83. The summed E-state index contributed by atoms with van der Waals surface area (Å²) in [6, 6.07) is 7.09. The smallest absolute Gasteiger partial charge is 0.00713 e. The van der Waals surface area contributed by atoms with E-state index in [2.05, 4.69) is 32.0 Å². The monoisotopic (exact) mass is 217 g/mol. The number of hydrogen-bond donors (Lipinski definition) is 1. The van der Waals surface area contributed by atoms with Gasteiger partial charge in [-0.15, -0.1) is 0 Å². The molecule has 0 aromatic heterocycles. The standard InChI is InChI=1S/C15H23N/c1-11(2)15(8-9-16)14-7-6-12-4-3-5-13(12)10-14/h6-7,10-11,15H,3-5,8-9,16H2,1-2H3. The fraction of sp³-hybridized carbons (Fsp3) is 0.600. The molecule has 0 bridgehead atoms. The van der Waals surface area contributed by atoms with E-state index >= 15 is 0 Å². The molecule has 0 radical (unpaired) electrons. The largest absolute Gasteiger partial charge is 0.330 e. The van der Waals surface area contributed by atoms with Gasteiger partial charge in [-0.2, -0.15) is 0 Å². The lowest BCUT2D eigenvalue weighted by molar-refractivity contribution is 0.473. The SMILES string of the molecule is CC(C)C(CCN)c1ccc2c(c1)CCC2. The van der Waals surface area contributed by atoms with Crippen LogP contribution in [-0.2, 0) is 12.8 Å². The molecule has 1 aliphatic carbocycles. The molecule has 1 heteroatoms. The van der Waals surface area contributed by atoms with Gasteiger partial charge < -0.3 is 5.73 Å². The van der Waals surface area contributed by atoms with Crippen molar-refractivity contribution in [1.82, 2.24) is 0 Å². The summed E-state index contributed by atoms with van der Waals surface area (Å²) in [5.74, 6) is 1.32. The minimum absolute atomic E-state index is 0.635. The maximum absolute atomic E-state index is 5.72. The number of nitrogens with two attached hydrogens (primary N) is 1. The third-order valence-corrected chi connectivity index (χ3v) is 3.83. The summed E-state index contributed by atoms with van der Waals surface area (Å²) in [6.07, 6.45) is 4.99. The zero-order chi connectivity index (χ0) is 11.5. The molecule has 0 fully saturated rings. The molecule has 0 spiro atoms. The Bertz CT molecular complexity index is 354. The molecule has 0 aliphatic heterocycles. The van der Waals surface area contributed by atoms with E-state index in [1.54, 1.807) is 11.1 Å². The number of benzene rings is 1. The van der Waals surface area contributed by atoms with Gasteiger partial charge in [0.05, 0.1) is 0 Å². The molecule has 1 nitrogen and oxygen atoms in total. The Hall–Kier alpha value is -0.820. The summed E-state index contributed by atoms with van der Waals surface area (Å²) in [5.41, 5.74) is 10.4. The maximum Gasteiger partial charge on any atom is -0.00713 e. The van der Waals surface area contributed by atoms with Crippen LogP contribution in [0.3, 0.4) is 0 Å². The summed E-state index contributed by atoms with van der Waals surface area (Å²) in [7, 11) is 0. The van der Waals surface area contributed by atoms with E-state index in [4.69, 9.17) is 5.73 Å². The Morgan fingerprint density at radius 2 is 1.94 bits per heavy atom. The average Bonchev–Trinajstić information content (AvgIpc) is 2.72. The van der Waals surface area contributed by atoms with E-state index in [1.807, 2.05) is 0 Å². The molecule has 88 valence electrons. The third kappa shape index (κ3) is 2.30. The highest BCUT2D eigenvalue weighted by atomic mass is 14.5. The van der Waals surface area contributed by atoms with Crippen LogP contribution < -0.4 is 5.73 Å². The summed E-state index contributed by atoms with van der Waals surface area (Å²) >= 11 is 0. The molecule has 2 rings (SSSR count). The summed E-state index contributed by atoms with van der Waals surface area (Å²) in [6.45, 7) is 5.39. The fourth-order valence-corrected chi connectivity index (χ4v) is 2.89. The molecule has 1 aromatic rings. The molecule has 16 heavy (non-hydrogen) atoms. The number of aryl methyl sites for hydroxylation is 2. The van der Waals surface area contributed by atoms with Gasteiger partial charge in [-0.25, -0.2) is 0 Å². The lowest BCUT2D eigenvalue weighted by Crippen LogP contribution is -2.13. The van der Waals surface area contributed by atoms with Gasteiger partial charge in [0, 0.05) is 0 Å². The van der Waals surface area contributed by atoms with Crippen molar-refractivity contribution in [3.05, 3.63) is 34.9 Å². The summed E-state index contributed by atoms with van der Waals surface area (Å²) in [5, 5.41) is 0. The molecule has 1 aromatic carbocycles. The van der Waals surface area contributed by atoms with E-state index in [-0.39, 0.29) is 0 Å². The summed E-state index contributed by atoms with van der Waals surface area (Å²) in [4.78, 5) is 0. The predicted molar refractivity (Wildman–Crippen MR) is 69.7 cm³/mol. The van der Waals surface area contributed by atoms with Crippen molar-refractivity contribution >= 4 is 0 Å². The number of rotatable bonds is 4. The van der Waals surface area contributed by atoms with E-state index in [0.717, 1.165) is 13.0 Å². The Morgan fingerprint density at radius 1 is 1.19 bits per heavy atom. The second kappa shape index (κ2) is 5.01. The normalized spacial score (nSPS) is 16.5. The molecule has 0 heterocycles. The van der Waals surface area contributed by atoms with Gasteiger partial charge in [0.25, 0.3) is 0 Å². The van der Waals surface area contributed by atoms with Crippen LogP contribution in [0.2, 0.25) is 0 Å². The fourth-order valence-electron chi connectivity index (χ4n) is 2.89. The first-order chi connectivity index (χ1) is 7.72. The van der Waals surface area contributed by atoms with Crippen molar-refractivity contribution in [2.45, 2.75) is 45.4 Å². The quantitative estimate of drug-likeness (QED) is 0.823. The van der Waals surface area contributed by atoms with Crippen molar-refractivity contribution in [3.8, 4) is 0 Å². The zero-order valence-corrected chi connectivity index (χ0v) is 10.5. The Labute approximate surface area is 99.0 Å². The highest BCUT2D eigenvalue weighted by Gasteiger charge is 2.18. The lowest BCUT2D eigenvalue weighted by Gasteiger charge is -2.21. The first kappa shape index (κ1) is 11.7. The van der Waals surface area contributed by atoms with E-state index in [9.17, 15) is 0 Å². The van der Waals surface area contributed by atoms with Gasteiger partial charge >= 0.3 is 0 Å². The molecule has 1 aliphatic rings. The van der Waals surface area contributed by atoms with Crippen LogP contribution >= 0.6 is 0 Å². The molecule has 0 saturated heterocycles. The number of hydrogen-bond acceptors (Lipinski definition) is 1. The van der Waals surface area contributed by atoms with Crippen LogP contribution in [0.25, 0.3) is 0 Å². The second-order valence-electron chi connectivity index (χ2n) is 5.31. The van der Waals surface area contributed by atoms with Crippen LogP contribution in [0.4, 0.5) is 0 Å². The van der Waals surface area contributed by atoms with Crippen LogP contribution in [0.5, 0.6) is 0 Å².